The van der Waals surface area contributed by atoms with E-state index in [2.05, 4.69) is 19.0 Å². The molecule has 0 aliphatic carbocycles. The number of likely N-dealkylation sites (tertiary alicyclic amines) is 1. The number of rotatable bonds is 3. The monoisotopic (exact) mass is 278 g/mol. The highest BCUT2D eigenvalue weighted by Gasteiger charge is 2.25. The predicted molar refractivity (Wildman–Crippen MR) is 78.3 cm³/mol. The van der Waals surface area contributed by atoms with Crippen LogP contribution in [-0.4, -0.2) is 49.4 Å². The van der Waals surface area contributed by atoms with E-state index in [-0.39, 0.29) is 11.5 Å². The Labute approximate surface area is 120 Å². The molecule has 0 bridgehead atoms. The van der Waals surface area contributed by atoms with Gasteiger partial charge in [0.05, 0.1) is 5.56 Å². The van der Waals surface area contributed by atoms with Gasteiger partial charge in [0.1, 0.15) is 5.82 Å². The lowest BCUT2D eigenvalue weighted by atomic mass is 9.96. The number of nitrogens with zero attached hydrogens (tertiary/aromatic N) is 2. The molecule has 1 aromatic rings. The van der Waals surface area contributed by atoms with Crippen molar-refractivity contribution in [2.75, 3.05) is 33.7 Å². The molecular weight excluding hydrogens is 255 g/mol. The minimum atomic E-state index is -0.420. The van der Waals surface area contributed by atoms with Gasteiger partial charge in [0.15, 0.2) is 0 Å². The van der Waals surface area contributed by atoms with E-state index in [0.29, 0.717) is 5.92 Å². The fraction of sp³-hybridized carbons (Fsp3) is 0.562. The van der Waals surface area contributed by atoms with Crippen molar-refractivity contribution in [2.45, 2.75) is 19.8 Å². The van der Waals surface area contributed by atoms with Gasteiger partial charge in [-0.05, 0) is 51.9 Å². The van der Waals surface area contributed by atoms with Gasteiger partial charge in [0, 0.05) is 19.6 Å². The third-order valence-electron chi connectivity index (χ3n) is 3.88. The minimum Gasteiger partial charge on any atom is -0.339 e. The number of hydrogen-bond acceptors (Lipinski definition) is 2. The number of amides is 1. The van der Waals surface area contributed by atoms with Crippen molar-refractivity contribution in [3.8, 4) is 0 Å². The zero-order chi connectivity index (χ0) is 14.7. The van der Waals surface area contributed by atoms with Gasteiger partial charge >= 0.3 is 0 Å². The number of carbonyl (C=O) groups is 1. The summed E-state index contributed by atoms with van der Waals surface area (Å²) in [6.07, 6.45) is 1.99. The highest BCUT2D eigenvalue weighted by atomic mass is 19.1. The molecule has 1 heterocycles. The Morgan fingerprint density at radius 2 is 2.00 bits per heavy atom. The van der Waals surface area contributed by atoms with Gasteiger partial charge in [0.2, 0.25) is 0 Å². The van der Waals surface area contributed by atoms with Crippen LogP contribution in [0.3, 0.4) is 0 Å². The Morgan fingerprint density at radius 1 is 1.35 bits per heavy atom. The second-order valence-corrected chi connectivity index (χ2v) is 5.98. The summed E-state index contributed by atoms with van der Waals surface area (Å²) in [4.78, 5) is 16.3. The smallest absolute Gasteiger partial charge is 0.256 e. The van der Waals surface area contributed by atoms with Gasteiger partial charge in [-0.25, -0.2) is 4.39 Å². The first-order valence-electron chi connectivity index (χ1n) is 7.17. The number of carbonyl (C=O) groups excluding carboxylic acids is 1. The van der Waals surface area contributed by atoms with Gasteiger partial charge in [0.25, 0.3) is 5.91 Å². The maximum absolute atomic E-state index is 13.8. The van der Waals surface area contributed by atoms with Crippen molar-refractivity contribution < 1.29 is 9.18 Å². The number of piperidine rings is 1. The average Bonchev–Trinajstić information content (AvgIpc) is 2.41. The summed E-state index contributed by atoms with van der Waals surface area (Å²) in [5.74, 6) is 0.0434. The van der Waals surface area contributed by atoms with Crippen LogP contribution in [0.25, 0.3) is 0 Å². The van der Waals surface area contributed by atoms with Crippen LogP contribution in [-0.2, 0) is 0 Å². The van der Waals surface area contributed by atoms with E-state index in [1.54, 1.807) is 17.0 Å². The fourth-order valence-corrected chi connectivity index (χ4v) is 2.81. The van der Waals surface area contributed by atoms with Crippen LogP contribution in [0.4, 0.5) is 4.39 Å². The highest BCUT2D eigenvalue weighted by molar-refractivity contribution is 5.94. The summed E-state index contributed by atoms with van der Waals surface area (Å²) in [6.45, 7) is 4.38. The molecule has 0 spiro atoms. The van der Waals surface area contributed by atoms with E-state index in [9.17, 15) is 9.18 Å². The van der Waals surface area contributed by atoms with Gasteiger partial charge in [-0.15, -0.1) is 0 Å². The molecule has 0 saturated carbocycles. The molecule has 1 saturated heterocycles. The van der Waals surface area contributed by atoms with Crippen molar-refractivity contribution in [2.24, 2.45) is 5.92 Å². The molecule has 3 nitrogen and oxygen atoms in total. The van der Waals surface area contributed by atoms with Gasteiger partial charge in [-0.1, -0.05) is 11.6 Å². The molecule has 2 rings (SSSR count). The summed E-state index contributed by atoms with van der Waals surface area (Å²) < 4.78 is 13.8. The normalized spacial score (nSPS) is 16.8. The molecule has 20 heavy (non-hydrogen) atoms. The second-order valence-electron chi connectivity index (χ2n) is 5.98. The molecule has 1 aliphatic rings. The lowest BCUT2D eigenvalue weighted by Crippen LogP contribution is -2.41. The van der Waals surface area contributed by atoms with Crippen LogP contribution >= 0.6 is 0 Å². The minimum absolute atomic E-state index is 0.172. The van der Waals surface area contributed by atoms with E-state index in [0.717, 1.165) is 38.0 Å². The van der Waals surface area contributed by atoms with E-state index in [1.165, 1.54) is 6.07 Å². The van der Waals surface area contributed by atoms with Crippen molar-refractivity contribution in [1.29, 1.82) is 0 Å². The van der Waals surface area contributed by atoms with Crippen molar-refractivity contribution in [3.05, 3.63) is 35.1 Å². The molecule has 1 aromatic carbocycles. The average molecular weight is 278 g/mol. The molecule has 1 aliphatic heterocycles. The molecule has 1 fully saturated rings. The SMILES string of the molecule is Cc1ccc(F)c(C(=O)N2CCC(CN(C)C)CC2)c1. The Hall–Kier alpha value is -1.42. The summed E-state index contributed by atoms with van der Waals surface area (Å²) in [5.41, 5.74) is 1.12. The van der Waals surface area contributed by atoms with Crippen molar-refractivity contribution in [1.82, 2.24) is 9.80 Å². The summed E-state index contributed by atoms with van der Waals surface area (Å²) in [6, 6.07) is 4.71. The van der Waals surface area contributed by atoms with Crippen molar-refractivity contribution >= 4 is 5.91 Å². The zero-order valence-electron chi connectivity index (χ0n) is 12.5. The lowest BCUT2D eigenvalue weighted by Gasteiger charge is -2.33. The summed E-state index contributed by atoms with van der Waals surface area (Å²) in [5, 5.41) is 0. The molecule has 0 unspecified atom stereocenters. The van der Waals surface area contributed by atoms with Crippen LogP contribution < -0.4 is 0 Å². The first kappa shape index (κ1) is 15.0. The first-order valence-corrected chi connectivity index (χ1v) is 7.17. The Balaban J connectivity index is 2.00. The van der Waals surface area contributed by atoms with Crippen LogP contribution in [0, 0.1) is 18.7 Å². The highest BCUT2D eigenvalue weighted by Crippen LogP contribution is 2.21. The van der Waals surface area contributed by atoms with Crippen LogP contribution in [0.15, 0.2) is 18.2 Å². The van der Waals surface area contributed by atoms with Gasteiger partial charge in [-0.2, -0.15) is 0 Å². The second kappa shape index (κ2) is 6.35. The number of halogens is 1. The molecule has 0 aromatic heterocycles. The van der Waals surface area contributed by atoms with Crippen LogP contribution in [0.2, 0.25) is 0 Å². The molecule has 1 amide bonds. The quantitative estimate of drug-likeness (QED) is 0.848. The predicted octanol–water partition coefficient (Wildman–Crippen LogP) is 2.55. The van der Waals surface area contributed by atoms with E-state index in [4.69, 9.17) is 0 Å². The topological polar surface area (TPSA) is 23.6 Å². The fourth-order valence-electron chi connectivity index (χ4n) is 2.81. The molecule has 0 N–H and O–H groups in total. The number of hydrogen-bond donors (Lipinski definition) is 0. The van der Waals surface area contributed by atoms with Crippen LogP contribution in [0.5, 0.6) is 0 Å². The third-order valence-corrected chi connectivity index (χ3v) is 3.88. The standard InChI is InChI=1S/C16H23FN2O/c1-12-4-5-15(17)14(10-12)16(20)19-8-6-13(7-9-19)11-18(2)3/h4-5,10,13H,6-9,11H2,1-3H3. The largest absolute Gasteiger partial charge is 0.339 e. The Kier molecular flexibility index (Phi) is 4.76. The molecule has 0 radical (unpaired) electrons. The van der Waals surface area contributed by atoms with E-state index in [1.807, 2.05) is 6.92 Å². The lowest BCUT2D eigenvalue weighted by molar-refractivity contribution is 0.0673. The molecule has 4 heteroatoms. The van der Waals surface area contributed by atoms with Gasteiger partial charge in [-0.3, -0.25) is 4.79 Å². The maximum Gasteiger partial charge on any atom is 0.256 e. The van der Waals surface area contributed by atoms with Gasteiger partial charge < -0.3 is 9.80 Å². The third kappa shape index (κ3) is 3.57. The Bertz CT molecular complexity index is 479. The van der Waals surface area contributed by atoms with Crippen molar-refractivity contribution in [3.63, 3.8) is 0 Å². The van der Waals surface area contributed by atoms with E-state index >= 15 is 0 Å². The molecule has 110 valence electrons. The first-order chi connectivity index (χ1) is 9.47. The Morgan fingerprint density at radius 3 is 2.60 bits per heavy atom. The molecule has 0 atom stereocenters. The zero-order valence-corrected chi connectivity index (χ0v) is 12.5. The van der Waals surface area contributed by atoms with Crippen LogP contribution in [0.1, 0.15) is 28.8 Å². The number of aryl methyl sites for hydroxylation is 1. The summed E-state index contributed by atoms with van der Waals surface area (Å²) >= 11 is 0. The maximum atomic E-state index is 13.8. The molecular formula is C16H23FN2O. The summed E-state index contributed by atoms with van der Waals surface area (Å²) in [7, 11) is 4.14. The van der Waals surface area contributed by atoms with E-state index < -0.39 is 5.82 Å². The number of benzene rings is 1.